The number of fused-ring (bicyclic) bond motifs is 1. The Morgan fingerprint density at radius 2 is 1.57 bits per heavy atom. The molecule has 3 aromatic rings. The molecular formula is C27H33N5O4S. The van der Waals surface area contributed by atoms with E-state index in [1.165, 1.54) is 24.3 Å². The van der Waals surface area contributed by atoms with Gasteiger partial charge in [-0.15, -0.1) is 0 Å². The van der Waals surface area contributed by atoms with E-state index in [1.54, 1.807) is 0 Å². The lowest BCUT2D eigenvalue weighted by Gasteiger charge is -2.30. The summed E-state index contributed by atoms with van der Waals surface area (Å²) in [6, 6.07) is 14.1. The van der Waals surface area contributed by atoms with Gasteiger partial charge in [0.2, 0.25) is 11.9 Å². The lowest BCUT2D eigenvalue weighted by molar-refractivity contribution is -0.122. The van der Waals surface area contributed by atoms with E-state index in [-0.39, 0.29) is 41.5 Å². The smallest absolute Gasteiger partial charge is 0.225 e. The normalized spacial score (nSPS) is 17.8. The molecule has 2 N–H and O–H groups in total. The van der Waals surface area contributed by atoms with Crippen LogP contribution in [0.1, 0.15) is 48.9 Å². The third kappa shape index (κ3) is 6.82. The minimum Gasteiger partial charge on any atom is -0.362 e. The lowest BCUT2D eigenvalue weighted by Crippen LogP contribution is -2.40. The number of sulfone groups is 1. The Kier molecular flexibility index (Phi) is 8.06. The highest BCUT2D eigenvalue weighted by molar-refractivity contribution is 7.90. The second kappa shape index (κ2) is 11.2. The Hall–Kier alpha value is -3.53. The molecule has 1 saturated carbocycles. The van der Waals surface area contributed by atoms with Gasteiger partial charge in [0.1, 0.15) is 5.82 Å². The molecule has 196 valence electrons. The number of carbonyl (C=O) groups is 2. The van der Waals surface area contributed by atoms with Crippen LogP contribution in [-0.4, -0.2) is 62.5 Å². The summed E-state index contributed by atoms with van der Waals surface area (Å²) >= 11 is 0. The molecule has 0 saturated heterocycles. The summed E-state index contributed by atoms with van der Waals surface area (Å²) in [6.07, 6.45) is 4.72. The summed E-state index contributed by atoms with van der Waals surface area (Å²) in [5, 5.41) is 7.53. The summed E-state index contributed by atoms with van der Waals surface area (Å²) in [5.74, 6) is 1.15. The third-order valence-corrected chi connectivity index (χ3v) is 7.74. The molecule has 0 spiro atoms. The first-order valence-electron chi connectivity index (χ1n) is 12.4. The van der Waals surface area contributed by atoms with Gasteiger partial charge in [0.15, 0.2) is 15.6 Å². The summed E-state index contributed by atoms with van der Waals surface area (Å²) in [7, 11) is 0.621. The number of rotatable bonds is 9. The van der Waals surface area contributed by atoms with Crippen molar-refractivity contribution in [2.75, 3.05) is 30.6 Å². The van der Waals surface area contributed by atoms with E-state index in [1.807, 2.05) is 43.3 Å². The Balaban J connectivity index is 1.24. The number of Topliss-reactive ketones (excluding diaryl/α,β-unsaturated/α-hetero) is 1. The van der Waals surface area contributed by atoms with E-state index in [0.29, 0.717) is 11.5 Å². The fraction of sp³-hybridized carbons (Fsp3) is 0.407. The molecule has 37 heavy (non-hydrogen) atoms. The Labute approximate surface area is 217 Å². The van der Waals surface area contributed by atoms with Crippen LogP contribution in [0.25, 0.3) is 10.9 Å². The van der Waals surface area contributed by atoms with E-state index in [9.17, 15) is 18.0 Å². The van der Waals surface area contributed by atoms with Gasteiger partial charge in [0.05, 0.1) is 10.4 Å². The van der Waals surface area contributed by atoms with Gasteiger partial charge in [0, 0.05) is 56.2 Å². The molecule has 1 aliphatic carbocycles. The molecule has 1 aliphatic rings. The van der Waals surface area contributed by atoms with Gasteiger partial charge < -0.3 is 15.5 Å². The topological polar surface area (TPSA) is 121 Å². The lowest BCUT2D eigenvalue weighted by atomic mass is 9.91. The number of aromatic nitrogens is 2. The molecular weight excluding hydrogens is 490 g/mol. The zero-order valence-electron chi connectivity index (χ0n) is 21.4. The molecule has 0 bridgehead atoms. The third-order valence-electron chi connectivity index (χ3n) is 6.62. The number of anilines is 2. The quantitative estimate of drug-likeness (QED) is 0.408. The average molecular weight is 524 g/mol. The highest BCUT2D eigenvalue weighted by Crippen LogP contribution is 2.26. The van der Waals surface area contributed by atoms with Gasteiger partial charge in [-0.2, -0.15) is 4.98 Å². The van der Waals surface area contributed by atoms with Crippen molar-refractivity contribution < 1.29 is 18.0 Å². The van der Waals surface area contributed by atoms with E-state index in [0.717, 1.165) is 48.7 Å². The van der Waals surface area contributed by atoms with Crippen LogP contribution in [0.4, 0.5) is 11.8 Å². The zero-order chi connectivity index (χ0) is 26.6. The maximum absolute atomic E-state index is 12.4. The van der Waals surface area contributed by atoms with Crippen molar-refractivity contribution in [3.05, 3.63) is 54.1 Å². The number of ketones is 1. The molecule has 0 unspecified atom stereocenters. The Morgan fingerprint density at radius 1 is 0.919 bits per heavy atom. The van der Waals surface area contributed by atoms with E-state index in [4.69, 9.17) is 4.98 Å². The number of amides is 1. The molecule has 0 atom stereocenters. The molecule has 0 radical (unpaired) electrons. The molecule has 10 heteroatoms. The monoisotopic (exact) mass is 523 g/mol. The summed E-state index contributed by atoms with van der Waals surface area (Å²) in [6.45, 7) is 0. The van der Waals surface area contributed by atoms with E-state index in [2.05, 4.69) is 15.6 Å². The van der Waals surface area contributed by atoms with Gasteiger partial charge >= 0.3 is 0 Å². The molecule has 4 rings (SSSR count). The van der Waals surface area contributed by atoms with Crippen LogP contribution in [0.5, 0.6) is 0 Å². The number of carbonyl (C=O) groups excluding carboxylic acids is 2. The molecule has 1 aromatic heterocycles. The Bertz CT molecular complexity index is 1380. The molecule has 1 amide bonds. The highest BCUT2D eigenvalue weighted by atomic mass is 32.2. The molecule has 9 nitrogen and oxygen atoms in total. The van der Waals surface area contributed by atoms with Crippen molar-refractivity contribution in [2.24, 2.45) is 0 Å². The molecule has 0 aliphatic heterocycles. The molecule has 2 aromatic carbocycles. The number of hydrogen-bond donors (Lipinski definition) is 2. The molecule has 1 fully saturated rings. The SMILES string of the molecule is CN(C)c1nc(NC2CCC(NC(=O)CCC(=O)c3ccc(S(C)(=O)=O)cc3)CC2)nc2ccccc12. The summed E-state index contributed by atoms with van der Waals surface area (Å²) in [4.78, 5) is 36.4. The highest BCUT2D eigenvalue weighted by Gasteiger charge is 2.24. The van der Waals surface area contributed by atoms with Crippen LogP contribution in [0.15, 0.2) is 53.4 Å². The minimum absolute atomic E-state index is 0.0737. The number of nitrogens with zero attached hydrogens (tertiary/aromatic N) is 3. The predicted octanol–water partition coefficient (Wildman–Crippen LogP) is 3.60. The number of para-hydroxylation sites is 1. The van der Waals surface area contributed by atoms with Crippen LogP contribution in [0, 0.1) is 0 Å². The van der Waals surface area contributed by atoms with Gasteiger partial charge in [-0.05, 0) is 49.9 Å². The van der Waals surface area contributed by atoms with Crippen molar-refractivity contribution in [1.82, 2.24) is 15.3 Å². The average Bonchev–Trinajstić information content (AvgIpc) is 2.87. The summed E-state index contributed by atoms with van der Waals surface area (Å²) < 4.78 is 23.1. The first kappa shape index (κ1) is 26.5. The number of hydrogen-bond acceptors (Lipinski definition) is 8. The molecule has 1 heterocycles. The zero-order valence-corrected chi connectivity index (χ0v) is 22.2. The first-order chi connectivity index (χ1) is 17.6. The van der Waals surface area contributed by atoms with Crippen molar-refractivity contribution in [1.29, 1.82) is 0 Å². The van der Waals surface area contributed by atoms with Crippen LogP contribution in [0.2, 0.25) is 0 Å². The van der Waals surface area contributed by atoms with Crippen molar-refractivity contribution in [3.8, 4) is 0 Å². The second-order valence-electron chi connectivity index (χ2n) is 9.76. The maximum Gasteiger partial charge on any atom is 0.225 e. The van der Waals surface area contributed by atoms with Crippen LogP contribution < -0.4 is 15.5 Å². The second-order valence-corrected chi connectivity index (χ2v) is 11.8. The van der Waals surface area contributed by atoms with Crippen molar-refractivity contribution in [2.45, 2.75) is 55.5 Å². The van der Waals surface area contributed by atoms with E-state index >= 15 is 0 Å². The fourth-order valence-electron chi connectivity index (χ4n) is 4.59. The van der Waals surface area contributed by atoms with Crippen LogP contribution in [-0.2, 0) is 14.6 Å². The summed E-state index contributed by atoms with van der Waals surface area (Å²) in [5.41, 5.74) is 1.30. The predicted molar refractivity (Wildman–Crippen MR) is 145 cm³/mol. The maximum atomic E-state index is 12.4. The minimum atomic E-state index is -3.31. The van der Waals surface area contributed by atoms with Crippen molar-refractivity contribution in [3.63, 3.8) is 0 Å². The van der Waals surface area contributed by atoms with E-state index < -0.39 is 9.84 Å². The van der Waals surface area contributed by atoms with Crippen LogP contribution >= 0.6 is 0 Å². The van der Waals surface area contributed by atoms with Gasteiger partial charge in [0.25, 0.3) is 0 Å². The van der Waals surface area contributed by atoms with Gasteiger partial charge in [-0.1, -0.05) is 24.3 Å². The number of benzene rings is 2. The Morgan fingerprint density at radius 3 is 2.22 bits per heavy atom. The van der Waals surface area contributed by atoms with Crippen molar-refractivity contribution >= 4 is 44.2 Å². The van der Waals surface area contributed by atoms with Crippen LogP contribution in [0.3, 0.4) is 0 Å². The van der Waals surface area contributed by atoms with Gasteiger partial charge in [-0.25, -0.2) is 13.4 Å². The number of nitrogens with one attached hydrogen (secondary N) is 2. The first-order valence-corrected chi connectivity index (χ1v) is 14.3. The fourth-order valence-corrected chi connectivity index (χ4v) is 5.22. The van der Waals surface area contributed by atoms with Gasteiger partial charge in [-0.3, -0.25) is 9.59 Å². The standard InChI is InChI=1S/C27H33N5O4S/c1-32(2)26-22-6-4-5-7-23(22)30-27(31-26)29-20-12-10-19(11-13-20)28-25(34)17-16-24(33)18-8-14-21(15-9-18)37(3,35)36/h4-9,14-15,19-20H,10-13,16-17H2,1-3H3,(H,28,34)(H,29,30,31). The largest absolute Gasteiger partial charge is 0.362 e.